The lowest BCUT2D eigenvalue weighted by Crippen LogP contribution is -2.36. The number of nitrogens with one attached hydrogen (secondary N) is 1. The molecule has 1 fully saturated rings. The van der Waals surface area contributed by atoms with E-state index >= 15 is 0 Å². The molecule has 2 heterocycles. The monoisotopic (exact) mass is 407 g/mol. The molecule has 3 aromatic rings. The highest BCUT2D eigenvalue weighted by Gasteiger charge is 2.22. The minimum absolute atomic E-state index is 0.372. The number of aromatic nitrogens is 1. The van der Waals surface area contributed by atoms with E-state index in [1.807, 2.05) is 60.1 Å². The summed E-state index contributed by atoms with van der Waals surface area (Å²) in [5.41, 5.74) is 3.13. The maximum absolute atomic E-state index is 12.6. The number of anilines is 2. The first kappa shape index (κ1) is 20.0. The second-order valence-electron chi connectivity index (χ2n) is 7.35. The SMILES string of the molecule is C[C@@H](OC(=O)c1cn(C)c2ccccc12)C(=O)Nc1ccc(N2CCOCC2)cc1. The summed E-state index contributed by atoms with van der Waals surface area (Å²) in [4.78, 5) is 27.4. The Kier molecular flexibility index (Phi) is 5.72. The number of hydrogen-bond donors (Lipinski definition) is 1. The van der Waals surface area contributed by atoms with Crippen molar-refractivity contribution in [3.8, 4) is 0 Å². The van der Waals surface area contributed by atoms with Crippen molar-refractivity contribution in [3.63, 3.8) is 0 Å². The Morgan fingerprint density at radius 2 is 1.77 bits per heavy atom. The lowest BCUT2D eigenvalue weighted by molar-refractivity contribution is -0.123. The van der Waals surface area contributed by atoms with Gasteiger partial charge in [0.15, 0.2) is 6.10 Å². The summed E-state index contributed by atoms with van der Waals surface area (Å²) in [5.74, 6) is -0.889. The number of amides is 1. The smallest absolute Gasteiger partial charge is 0.341 e. The lowest BCUT2D eigenvalue weighted by Gasteiger charge is -2.28. The molecule has 1 amide bonds. The number of carbonyl (C=O) groups excluding carboxylic acids is 2. The average Bonchev–Trinajstić information content (AvgIpc) is 3.12. The van der Waals surface area contributed by atoms with E-state index in [4.69, 9.17) is 9.47 Å². The highest BCUT2D eigenvalue weighted by molar-refractivity contribution is 6.05. The van der Waals surface area contributed by atoms with Crippen LogP contribution in [0.4, 0.5) is 11.4 Å². The quantitative estimate of drug-likeness (QED) is 0.658. The Morgan fingerprint density at radius 1 is 1.07 bits per heavy atom. The van der Waals surface area contributed by atoms with Crippen LogP contribution in [-0.4, -0.2) is 48.9 Å². The van der Waals surface area contributed by atoms with Crippen molar-refractivity contribution in [1.82, 2.24) is 4.57 Å². The number of benzene rings is 2. The van der Waals surface area contributed by atoms with Crippen LogP contribution in [-0.2, 0) is 21.3 Å². The van der Waals surface area contributed by atoms with Crippen molar-refractivity contribution in [2.75, 3.05) is 36.5 Å². The van der Waals surface area contributed by atoms with Gasteiger partial charge in [-0.3, -0.25) is 4.79 Å². The van der Waals surface area contributed by atoms with Gasteiger partial charge < -0.3 is 24.3 Å². The Morgan fingerprint density at radius 3 is 2.50 bits per heavy atom. The Hall–Kier alpha value is -3.32. The molecule has 7 nitrogen and oxygen atoms in total. The van der Waals surface area contributed by atoms with Crippen LogP contribution in [0.5, 0.6) is 0 Å². The molecule has 0 saturated carbocycles. The number of ether oxygens (including phenoxy) is 2. The third-order valence-corrected chi connectivity index (χ3v) is 5.28. The summed E-state index contributed by atoms with van der Waals surface area (Å²) in [6.45, 7) is 4.72. The summed E-state index contributed by atoms with van der Waals surface area (Å²) in [6, 6.07) is 15.2. The van der Waals surface area contributed by atoms with Gasteiger partial charge >= 0.3 is 5.97 Å². The molecule has 1 saturated heterocycles. The van der Waals surface area contributed by atoms with E-state index in [-0.39, 0.29) is 5.91 Å². The third-order valence-electron chi connectivity index (χ3n) is 5.28. The lowest BCUT2D eigenvalue weighted by atomic mass is 10.2. The summed E-state index contributed by atoms with van der Waals surface area (Å²) < 4.78 is 12.7. The molecular weight excluding hydrogens is 382 g/mol. The van der Waals surface area contributed by atoms with Gasteiger partial charge in [-0.2, -0.15) is 0 Å². The number of rotatable bonds is 5. The van der Waals surface area contributed by atoms with Gasteiger partial charge in [0.05, 0.1) is 18.8 Å². The third kappa shape index (κ3) is 4.16. The van der Waals surface area contributed by atoms with E-state index in [0.29, 0.717) is 11.3 Å². The van der Waals surface area contributed by atoms with Crippen LogP contribution in [0.25, 0.3) is 10.9 Å². The van der Waals surface area contributed by atoms with Crippen molar-refractivity contribution in [3.05, 3.63) is 60.3 Å². The first-order valence-corrected chi connectivity index (χ1v) is 10.0. The molecule has 2 aromatic carbocycles. The van der Waals surface area contributed by atoms with Crippen LogP contribution in [0, 0.1) is 0 Å². The average molecular weight is 407 g/mol. The summed E-state index contributed by atoms with van der Waals surface area (Å²) >= 11 is 0. The van der Waals surface area contributed by atoms with Crippen molar-refractivity contribution < 1.29 is 19.1 Å². The van der Waals surface area contributed by atoms with Crippen LogP contribution < -0.4 is 10.2 Å². The van der Waals surface area contributed by atoms with Crippen molar-refractivity contribution in [2.45, 2.75) is 13.0 Å². The molecular formula is C23H25N3O4. The zero-order chi connectivity index (χ0) is 21.1. The zero-order valence-electron chi connectivity index (χ0n) is 17.1. The van der Waals surface area contributed by atoms with E-state index in [1.54, 1.807) is 13.1 Å². The maximum atomic E-state index is 12.6. The molecule has 30 heavy (non-hydrogen) atoms. The number of para-hydroxylation sites is 1. The molecule has 0 bridgehead atoms. The van der Waals surface area contributed by atoms with Crippen molar-refractivity contribution in [1.29, 1.82) is 0 Å². The molecule has 4 rings (SSSR count). The number of aryl methyl sites for hydroxylation is 1. The largest absolute Gasteiger partial charge is 0.449 e. The zero-order valence-corrected chi connectivity index (χ0v) is 17.1. The molecule has 156 valence electrons. The molecule has 1 aromatic heterocycles. The van der Waals surface area contributed by atoms with Crippen LogP contribution >= 0.6 is 0 Å². The van der Waals surface area contributed by atoms with E-state index in [1.165, 1.54) is 0 Å². The van der Waals surface area contributed by atoms with E-state index in [0.717, 1.165) is 42.9 Å². The van der Waals surface area contributed by atoms with Crippen molar-refractivity contribution in [2.24, 2.45) is 7.05 Å². The number of nitrogens with zero attached hydrogens (tertiary/aromatic N) is 2. The number of fused-ring (bicyclic) bond motifs is 1. The fourth-order valence-corrected chi connectivity index (χ4v) is 3.60. The van der Waals surface area contributed by atoms with Gasteiger partial charge in [0.1, 0.15) is 0 Å². The Labute approximate surface area is 175 Å². The molecule has 1 N–H and O–H groups in total. The second-order valence-corrected chi connectivity index (χ2v) is 7.35. The maximum Gasteiger partial charge on any atom is 0.341 e. The Balaban J connectivity index is 1.38. The first-order valence-electron chi connectivity index (χ1n) is 10.0. The molecule has 0 aliphatic carbocycles. The highest BCUT2D eigenvalue weighted by atomic mass is 16.5. The molecule has 7 heteroatoms. The molecule has 1 atom stereocenters. The van der Waals surface area contributed by atoms with Gasteiger partial charge in [0, 0.05) is 48.6 Å². The number of hydrogen-bond acceptors (Lipinski definition) is 5. The Bertz CT molecular complexity index is 1050. The summed E-state index contributed by atoms with van der Waals surface area (Å²) in [7, 11) is 1.87. The predicted octanol–water partition coefficient (Wildman–Crippen LogP) is 3.20. The minimum atomic E-state index is -0.921. The van der Waals surface area contributed by atoms with Gasteiger partial charge in [-0.1, -0.05) is 18.2 Å². The number of esters is 1. The second kappa shape index (κ2) is 8.59. The molecule has 0 radical (unpaired) electrons. The van der Waals surface area contributed by atoms with Crippen LogP contribution in [0.15, 0.2) is 54.7 Å². The number of carbonyl (C=O) groups is 2. The number of morpholine rings is 1. The van der Waals surface area contributed by atoms with Gasteiger partial charge in [0.2, 0.25) is 0 Å². The summed E-state index contributed by atoms with van der Waals surface area (Å²) in [6.07, 6.45) is 0.803. The van der Waals surface area contributed by atoms with Gasteiger partial charge in [-0.25, -0.2) is 4.79 Å². The fraction of sp³-hybridized carbons (Fsp3) is 0.304. The molecule has 0 spiro atoms. The van der Waals surface area contributed by atoms with Crippen LogP contribution in [0.2, 0.25) is 0 Å². The van der Waals surface area contributed by atoms with E-state index in [9.17, 15) is 9.59 Å². The molecule has 0 unspecified atom stereocenters. The highest BCUT2D eigenvalue weighted by Crippen LogP contribution is 2.22. The standard InChI is InChI=1S/C23H25N3O4/c1-16(30-23(28)20-15-25(2)21-6-4-3-5-19(20)21)22(27)24-17-7-9-18(10-8-17)26-11-13-29-14-12-26/h3-10,15-16H,11-14H2,1-2H3,(H,24,27)/t16-/m1/s1. The van der Waals surface area contributed by atoms with Gasteiger partial charge in [-0.05, 0) is 37.3 Å². The molecule has 1 aliphatic rings. The molecule has 1 aliphatic heterocycles. The first-order chi connectivity index (χ1) is 14.5. The van der Waals surface area contributed by atoms with Gasteiger partial charge in [-0.15, -0.1) is 0 Å². The van der Waals surface area contributed by atoms with Crippen LogP contribution in [0.1, 0.15) is 17.3 Å². The van der Waals surface area contributed by atoms with Gasteiger partial charge in [0.25, 0.3) is 5.91 Å². The predicted molar refractivity (Wildman–Crippen MR) is 116 cm³/mol. The van der Waals surface area contributed by atoms with Crippen LogP contribution in [0.3, 0.4) is 0 Å². The normalized spacial score (nSPS) is 15.1. The van der Waals surface area contributed by atoms with Crippen molar-refractivity contribution >= 4 is 34.2 Å². The topological polar surface area (TPSA) is 72.8 Å². The minimum Gasteiger partial charge on any atom is -0.449 e. The van der Waals surface area contributed by atoms with E-state index < -0.39 is 12.1 Å². The van der Waals surface area contributed by atoms with E-state index in [2.05, 4.69) is 10.2 Å². The fourth-order valence-electron chi connectivity index (χ4n) is 3.60. The summed E-state index contributed by atoms with van der Waals surface area (Å²) in [5, 5.41) is 3.61.